The van der Waals surface area contributed by atoms with E-state index < -0.39 is 27.5 Å². The normalized spacial score (nSPS) is 11.6. The predicted octanol–water partition coefficient (Wildman–Crippen LogP) is 3.43. The zero-order chi connectivity index (χ0) is 26.9. The molecule has 37 heavy (non-hydrogen) atoms. The summed E-state index contributed by atoms with van der Waals surface area (Å²) in [6.07, 6.45) is 0. The van der Waals surface area contributed by atoms with E-state index in [1.165, 1.54) is 38.4 Å². The number of hydrogen-bond donors (Lipinski definition) is 1. The lowest BCUT2D eigenvalue weighted by molar-refractivity contribution is 0.0520. The number of carbonyl (C=O) groups excluding carboxylic acids is 2. The third-order valence-corrected chi connectivity index (χ3v) is 8.21. The van der Waals surface area contributed by atoms with E-state index >= 15 is 0 Å². The molecule has 192 valence electrons. The summed E-state index contributed by atoms with van der Waals surface area (Å²) in [5.41, 5.74) is 0.977. The number of rotatable bonds is 7. The fourth-order valence-corrected chi connectivity index (χ4v) is 5.42. The minimum atomic E-state index is -3.65. The number of carbonyl (C=O) groups is 2. The number of aromatic nitrogens is 2. The summed E-state index contributed by atoms with van der Waals surface area (Å²) in [6, 6.07) is 12.5. The molecule has 1 amide bonds. The van der Waals surface area contributed by atoms with E-state index in [-0.39, 0.29) is 38.5 Å². The zero-order valence-electron chi connectivity index (χ0n) is 20.5. The number of nitrogens with one attached hydrogen (secondary N) is 1. The Morgan fingerprint density at radius 1 is 1.14 bits per heavy atom. The highest BCUT2D eigenvalue weighted by Gasteiger charge is 2.24. The Labute approximate surface area is 217 Å². The molecule has 1 N–H and O–H groups in total. The van der Waals surface area contributed by atoms with Crippen LogP contribution in [0.2, 0.25) is 0 Å². The number of fused-ring (bicyclic) bond motifs is 1. The maximum absolute atomic E-state index is 13.5. The van der Waals surface area contributed by atoms with Crippen LogP contribution in [-0.4, -0.2) is 55.1 Å². The maximum atomic E-state index is 13.5. The van der Waals surface area contributed by atoms with Crippen LogP contribution in [0.25, 0.3) is 16.5 Å². The van der Waals surface area contributed by atoms with Crippen molar-refractivity contribution in [3.05, 3.63) is 81.1 Å². The minimum absolute atomic E-state index is 0.0433. The minimum Gasteiger partial charge on any atom is -0.461 e. The van der Waals surface area contributed by atoms with Gasteiger partial charge in [-0.3, -0.25) is 9.59 Å². The molecule has 0 saturated heterocycles. The van der Waals surface area contributed by atoms with Crippen molar-refractivity contribution >= 4 is 49.0 Å². The Kier molecular flexibility index (Phi) is 7.25. The van der Waals surface area contributed by atoms with Crippen LogP contribution in [0.1, 0.15) is 33.3 Å². The smallest absolute Gasteiger partial charge is 0.359 e. The highest BCUT2D eigenvalue weighted by molar-refractivity contribution is 7.89. The molecule has 2 aromatic carbocycles. The van der Waals surface area contributed by atoms with E-state index in [9.17, 15) is 22.8 Å². The number of benzene rings is 2. The van der Waals surface area contributed by atoms with E-state index in [4.69, 9.17) is 4.74 Å². The van der Waals surface area contributed by atoms with Gasteiger partial charge in [0.05, 0.1) is 22.6 Å². The average molecular weight is 541 g/mol. The molecule has 2 aromatic heterocycles. The Bertz CT molecular complexity index is 1670. The number of ether oxygens (including phenoxy) is 1. The predicted molar refractivity (Wildman–Crippen MR) is 141 cm³/mol. The van der Waals surface area contributed by atoms with Crippen molar-refractivity contribution in [1.29, 1.82) is 0 Å². The van der Waals surface area contributed by atoms with Crippen LogP contribution in [0.15, 0.2) is 63.6 Å². The fourth-order valence-electron chi connectivity index (χ4n) is 3.59. The molecule has 10 nitrogen and oxygen atoms in total. The molecule has 4 rings (SSSR count). The van der Waals surface area contributed by atoms with Crippen molar-refractivity contribution < 1.29 is 22.7 Å². The summed E-state index contributed by atoms with van der Waals surface area (Å²) in [4.78, 5) is 39.3. The number of aryl methyl sites for hydroxylation is 1. The van der Waals surface area contributed by atoms with Crippen molar-refractivity contribution in [2.75, 3.05) is 26.0 Å². The molecule has 0 radical (unpaired) electrons. The van der Waals surface area contributed by atoms with Crippen LogP contribution < -0.4 is 10.9 Å². The summed E-state index contributed by atoms with van der Waals surface area (Å²) in [7, 11) is -0.812. The molecule has 0 fully saturated rings. The van der Waals surface area contributed by atoms with Gasteiger partial charge in [-0.2, -0.15) is 9.78 Å². The van der Waals surface area contributed by atoms with Crippen molar-refractivity contribution in [2.45, 2.75) is 18.7 Å². The molecule has 0 bridgehead atoms. The topological polar surface area (TPSA) is 128 Å². The average Bonchev–Trinajstić information content (AvgIpc) is 3.28. The van der Waals surface area contributed by atoms with Crippen LogP contribution in [0.4, 0.5) is 5.00 Å². The molecule has 0 aliphatic carbocycles. The van der Waals surface area contributed by atoms with Gasteiger partial charge in [-0.05, 0) is 55.8 Å². The second-order valence-electron chi connectivity index (χ2n) is 8.24. The van der Waals surface area contributed by atoms with Gasteiger partial charge in [0.2, 0.25) is 10.0 Å². The van der Waals surface area contributed by atoms with Gasteiger partial charge in [-0.15, -0.1) is 11.3 Å². The molecule has 0 aliphatic rings. The first kappa shape index (κ1) is 26.2. The van der Waals surface area contributed by atoms with Gasteiger partial charge in [0, 0.05) is 30.4 Å². The first-order chi connectivity index (χ1) is 17.5. The Morgan fingerprint density at radius 2 is 1.84 bits per heavy atom. The Hall–Kier alpha value is -3.87. The van der Waals surface area contributed by atoms with Gasteiger partial charge in [0.1, 0.15) is 5.00 Å². The van der Waals surface area contributed by atoms with Gasteiger partial charge in [-0.1, -0.05) is 12.1 Å². The van der Waals surface area contributed by atoms with E-state index in [1.807, 2.05) is 13.0 Å². The molecule has 0 saturated carbocycles. The number of amides is 1. The third-order valence-electron chi connectivity index (χ3n) is 5.49. The lowest BCUT2D eigenvalue weighted by Crippen LogP contribution is -2.25. The van der Waals surface area contributed by atoms with Crippen molar-refractivity contribution in [2.24, 2.45) is 0 Å². The first-order valence-electron chi connectivity index (χ1n) is 11.2. The number of hydrogen-bond acceptors (Lipinski definition) is 8. The SMILES string of the molecule is CCOC(=O)c1nn(-c2cccc(C)c2)c(=O)c2c(NC(=O)c3ccc(S(=O)(=O)N(C)C)cc3)scc12. The van der Waals surface area contributed by atoms with Crippen molar-refractivity contribution in [3.63, 3.8) is 0 Å². The second-order valence-corrected chi connectivity index (χ2v) is 11.3. The van der Waals surface area contributed by atoms with Crippen LogP contribution in [0, 0.1) is 6.92 Å². The number of sulfonamides is 1. The lowest BCUT2D eigenvalue weighted by Gasteiger charge is -2.12. The van der Waals surface area contributed by atoms with E-state index in [0.29, 0.717) is 5.69 Å². The van der Waals surface area contributed by atoms with E-state index in [1.54, 1.807) is 30.5 Å². The number of nitrogens with zero attached hydrogens (tertiary/aromatic N) is 3. The largest absolute Gasteiger partial charge is 0.461 e. The maximum Gasteiger partial charge on any atom is 0.359 e. The summed E-state index contributed by atoms with van der Waals surface area (Å²) in [5.74, 6) is -1.24. The third kappa shape index (κ3) is 5.03. The number of esters is 1. The zero-order valence-corrected chi connectivity index (χ0v) is 22.1. The van der Waals surface area contributed by atoms with Crippen molar-refractivity contribution in [1.82, 2.24) is 14.1 Å². The first-order valence-corrected chi connectivity index (χ1v) is 13.5. The lowest BCUT2D eigenvalue weighted by atomic mass is 10.2. The molecule has 0 spiro atoms. The molecular weight excluding hydrogens is 516 g/mol. The van der Waals surface area contributed by atoms with Gasteiger partial charge in [0.25, 0.3) is 11.5 Å². The fraction of sp³-hybridized carbons (Fsp3) is 0.200. The summed E-state index contributed by atoms with van der Waals surface area (Å²) < 4.78 is 32.0. The summed E-state index contributed by atoms with van der Waals surface area (Å²) in [6.45, 7) is 3.66. The van der Waals surface area contributed by atoms with Gasteiger partial charge in [-0.25, -0.2) is 17.5 Å². The molecule has 0 aliphatic heterocycles. The van der Waals surface area contributed by atoms with Crippen molar-refractivity contribution in [3.8, 4) is 5.69 Å². The van der Waals surface area contributed by atoms with Crippen LogP contribution in [-0.2, 0) is 14.8 Å². The summed E-state index contributed by atoms with van der Waals surface area (Å²) in [5, 5.41) is 9.18. The molecule has 0 atom stereocenters. The highest BCUT2D eigenvalue weighted by Crippen LogP contribution is 2.31. The van der Waals surface area contributed by atoms with Crippen LogP contribution in [0.3, 0.4) is 0 Å². The molecule has 4 aromatic rings. The van der Waals surface area contributed by atoms with E-state index in [2.05, 4.69) is 10.4 Å². The second kappa shape index (κ2) is 10.2. The molecule has 2 heterocycles. The summed E-state index contributed by atoms with van der Waals surface area (Å²) >= 11 is 1.07. The van der Waals surface area contributed by atoms with Gasteiger partial charge in [0.15, 0.2) is 5.69 Å². The van der Waals surface area contributed by atoms with Gasteiger partial charge >= 0.3 is 5.97 Å². The molecule has 0 unspecified atom stereocenters. The van der Waals surface area contributed by atoms with Crippen LogP contribution in [0.5, 0.6) is 0 Å². The molecule has 12 heteroatoms. The quantitative estimate of drug-likeness (QED) is 0.356. The highest BCUT2D eigenvalue weighted by atomic mass is 32.2. The number of thiophene rings is 1. The van der Waals surface area contributed by atoms with E-state index in [0.717, 1.165) is 25.9 Å². The van der Waals surface area contributed by atoms with Crippen LogP contribution >= 0.6 is 11.3 Å². The Balaban J connectivity index is 1.79. The Morgan fingerprint density at radius 3 is 2.46 bits per heavy atom. The molecular formula is C25H24N4O6S2. The number of anilines is 1. The standard InChI is InChI=1S/C25H24N4O6S2/c1-5-35-25(32)21-19-14-36-23(20(19)24(31)29(27-21)17-8-6-7-15(2)13-17)26-22(30)16-9-11-18(12-10-16)37(33,34)28(3)4/h6-14H,5H2,1-4H3,(H,26,30). The monoisotopic (exact) mass is 540 g/mol. The van der Waals surface area contributed by atoms with Gasteiger partial charge < -0.3 is 10.1 Å².